The van der Waals surface area contributed by atoms with Crippen molar-refractivity contribution in [2.45, 2.75) is 19.8 Å². The van der Waals surface area contributed by atoms with Crippen LogP contribution in [0.4, 0.5) is 15.9 Å². The van der Waals surface area contributed by atoms with E-state index in [0.717, 1.165) is 43.0 Å². The van der Waals surface area contributed by atoms with E-state index in [-0.39, 0.29) is 17.6 Å². The van der Waals surface area contributed by atoms with Gasteiger partial charge in [0.1, 0.15) is 5.82 Å². The standard InChI is InChI=1S/C23H23FN4O/c1-16-2-4-17(5-3-16)21-10-11-22(27-26-21)28-14-12-18(13-15-28)23(29)25-20-8-6-19(24)7-9-20/h2-11,18H,12-15H2,1H3,(H,25,29). The summed E-state index contributed by atoms with van der Waals surface area (Å²) in [5, 5.41) is 11.6. The first-order valence-corrected chi connectivity index (χ1v) is 9.80. The number of aromatic nitrogens is 2. The maximum Gasteiger partial charge on any atom is 0.227 e. The molecule has 1 saturated heterocycles. The molecule has 1 fully saturated rings. The normalized spacial score (nSPS) is 14.6. The summed E-state index contributed by atoms with van der Waals surface area (Å²) in [5.41, 5.74) is 3.73. The Morgan fingerprint density at radius 3 is 2.28 bits per heavy atom. The van der Waals surface area contributed by atoms with Crippen molar-refractivity contribution >= 4 is 17.4 Å². The van der Waals surface area contributed by atoms with Crippen LogP contribution in [0.15, 0.2) is 60.7 Å². The molecule has 0 unspecified atom stereocenters. The quantitative estimate of drug-likeness (QED) is 0.715. The van der Waals surface area contributed by atoms with Crippen LogP contribution in [0.1, 0.15) is 18.4 Å². The number of hydrogen-bond donors (Lipinski definition) is 1. The minimum Gasteiger partial charge on any atom is -0.355 e. The fourth-order valence-electron chi connectivity index (χ4n) is 3.52. The van der Waals surface area contributed by atoms with Crippen molar-refractivity contribution in [2.24, 2.45) is 5.92 Å². The molecule has 0 saturated carbocycles. The van der Waals surface area contributed by atoms with Gasteiger partial charge < -0.3 is 10.2 Å². The van der Waals surface area contributed by atoms with E-state index < -0.39 is 0 Å². The number of nitrogens with one attached hydrogen (secondary N) is 1. The van der Waals surface area contributed by atoms with Gasteiger partial charge in [-0.05, 0) is 56.2 Å². The molecule has 2 aromatic carbocycles. The van der Waals surface area contributed by atoms with Gasteiger partial charge in [-0.3, -0.25) is 4.79 Å². The van der Waals surface area contributed by atoms with E-state index in [4.69, 9.17) is 0 Å². The van der Waals surface area contributed by atoms with Gasteiger partial charge in [0, 0.05) is 30.3 Å². The molecule has 1 aromatic heterocycles. The summed E-state index contributed by atoms with van der Waals surface area (Å²) in [4.78, 5) is 14.6. The van der Waals surface area contributed by atoms with Gasteiger partial charge in [0.25, 0.3) is 0 Å². The molecule has 4 rings (SSSR count). The number of halogens is 1. The van der Waals surface area contributed by atoms with Gasteiger partial charge in [0.05, 0.1) is 5.69 Å². The van der Waals surface area contributed by atoms with Gasteiger partial charge in [-0.2, -0.15) is 0 Å². The Labute approximate surface area is 169 Å². The molecular formula is C23H23FN4O. The maximum atomic E-state index is 13.0. The van der Waals surface area contributed by atoms with Crippen LogP contribution >= 0.6 is 0 Å². The van der Waals surface area contributed by atoms with Crippen molar-refractivity contribution in [3.8, 4) is 11.3 Å². The molecule has 1 aliphatic heterocycles. The molecule has 0 aliphatic carbocycles. The number of piperidine rings is 1. The van der Waals surface area contributed by atoms with Crippen molar-refractivity contribution in [3.05, 3.63) is 72.0 Å². The number of carbonyl (C=O) groups is 1. The summed E-state index contributed by atoms with van der Waals surface area (Å²) < 4.78 is 13.0. The fourth-order valence-corrected chi connectivity index (χ4v) is 3.52. The Balaban J connectivity index is 1.33. The predicted molar refractivity (Wildman–Crippen MR) is 112 cm³/mol. The van der Waals surface area contributed by atoms with Crippen molar-refractivity contribution < 1.29 is 9.18 Å². The number of carbonyl (C=O) groups excluding carboxylic acids is 1. The van der Waals surface area contributed by atoms with Crippen molar-refractivity contribution in [1.29, 1.82) is 0 Å². The van der Waals surface area contributed by atoms with Gasteiger partial charge in [0.2, 0.25) is 5.91 Å². The van der Waals surface area contributed by atoms with E-state index >= 15 is 0 Å². The molecule has 148 valence electrons. The lowest BCUT2D eigenvalue weighted by Gasteiger charge is -2.31. The average Bonchev–Trinajstić information content (AvgIpc) is 2.76. The molecule has 0 spiro atoms. The average molecular weight is 390 g/mol. The molecule has 0 atom stereocenters. The van der Waals surface area contributed by atoms with Gasteiger partial charge in [-0.15, -0.1) is 10.2 Å². The Morgan fingerprint density at radius 1 is 0.966 bits per heavy atom. The van der Waals surface area contributed by atoms with Crippen molar-refractivity contribution in [2.75, 3.05) is 23.3 Å². The minimum absolute atomic E-state index is 0.0166. The first-order chi connectivity index (χ1) is 14.1. The molecule has 3 aromatic rings. The van der Waals surface area contributed by atoms with Crippen molar-refractivity contribution in [1.82, 2.24) is 10.2 Å². The largest absolute Gasteiger partial charge is 0.355 e. The zero-order valence-corrected chi connectivity index (χ0v) is 16.3. The molecule has 1 N–H and O–H groups in total. The maximum absolute atomic E-state index is 13.0. The van der Waals surface area contributed by atoms with E-state index in [2.05, 4.69) is 39.5 Å². The van der Waals surface area contributed by atoms with Crippen molar-refractivity contribution in [3.63, 3.8) is 0 Å². The fraction of sp³-hybridized carbons (Fsp3) is 0.261. The van der Waals surface area contributed by atoms with Crippen LogP contribution in [-0.4, -0.2) is 29.2 Å². The van der Waals surface area contributed by atoms with Crippen LogP contribution in [0.25, 0.3) is 11.3 Å². The second-order valence-corrected chi connectivity index (χ2v) is 7.40. The number of aryl methyl sites for hydroxylation is 1. The molecule has 6 heteroatoms. The molecule has 2 heterocycles. The van der Waals surface area contributed by atoms with Gasteiger partial charge in [-0.25, -0.2) is 4.39 Å². The summed E-state index contributed by atoms with van der Waals surface area (Å²) in [6, 6.07) is 18.0. The summed E-state index contributed by atoms with van der Waals surface area (Å²) in [5.74, 6) is 0.442. The first kappa shape index (κ1) is 19.1. The van der Waals surface area contributed by atoms with E-state index in [1.54, 1.807) is 12.1 Å². The number of anilines is 2. The topological polar surface area (TPSA) is 58.1 Å². The molecule has 5 nitrogen and oxygen atoms in total. The minimum atomic E-state index is -0.314. The highest BCUT2D eigenvalue weighted by Crippen LogP contribution is 2.24. The summed E-state index contributed by atoms with van der Waals surface area (Å²) in [6.45, 7) is 3.56. The number of amides is 1. The summed E-state index contributed by atoms with van der Waals surface area (Å²) in [7, 11) is 0. The van der Waals surface area contributed by atoms with E-state index in [1.807, 2.05) is 24.3 Å². The molecule has 29 heavy (non-hydrogen) atoms. The zero-order valence-electron chi connectivity index (χ0n) is 16.3. The Bertz CT molecular complexity index is 963. The smallest absolute Gasteiger partial charge is 0.227 e. The third kappa shape index (κ3) is 4.59. The number of rotatable bonds is 4. The van der Waals surface area contributed by atoms with Crippen LogP contribution in [0, 0.1) is 18.7 Å². The molecule has 0 bridgehead atoms. The molecule has 0 radical (unpaired) electrons. The lowest BCUT2D eigenvalue weighted by atomic mass is 9.96. The van der Waals surface area contributed by atoms with E-state index in [0.29, 0.717) is 5.69 Å². The van der Waals surface area contributed by atoms with Crippen LogP contribution in [-0.2, 0) is 4.79 Å². The van der Waals surface area contributed by atoms with Crippen LogP contribution in [0.3, 0.4) is 0 Å². The number of benzene rings is 2. The monoisotopic (exact) mass is 390 g/mol. The third-order valence-electron chi connectivity index (χ3n) is 5.30. The first-order valence-electron chi connectivity index (χ1n) is 9.80. The van der Waals surface area contributed by atoms with E-state index in [9.17, 15) is 9.18 Å². The summed E-state index contributed by atoms with van der Waals surface area (Å²) in [6.07, 6.45) is 1.49. The van der Waals surface area contributed by atoms with Crippen LogP contribution < -0.4 is 10.2 Å². The van der Waals surface area contributed by atoms with Gasteiger partial charge in [0.15, 0.2) is 5.82 Å². The number of hydrogen-bond acceptors (Lipinski definition) is 4. The lowest BCUT2D eigenvalue weighted by Crippen LogP contribution is -2.38. The Kier molecular flexibility index (Phi) is 5.51. The molecule has 1 aliphatic rings. The highest BCUT2D eigenvalue weighted by molar-refractivity contribution is 5.92. The van der Waals surface area contributed by atoms with Gasteiger partial charge >= 0.3 is 0 Å². The SMILES string of the molecule is Cc1ccc(-c2ccc(N3CCC(C(=O)Nc4ccc(F)cc4)CC3)nn2)cc1. The van der Waals surface area contributed by atoms with Gasteiger partial charge in [-0.1, -0.05) is 29.8 Å². The second-order valence-electron chi connectivity index (χ2n) is 7.40. The van der Waals surface area contributed by atoms with E-state index in [1.165, 1.54) is 17.7 Å². The zero-order chi connectivity index (χ0) is 20.2. The number of nitrogens with zero attached hydrogens (tertiary/aromatic N) is 3. The lowest BCUT2D eigenvalue weighted by molar-refractivity contribution is -0.120. The predicted octanol–water partition coefficient (Wildman–Crippen LogP) is 4.45. The molecule has 1 amide bonds. The third-order valence-corrected chi connectivity index (χ3v) is 5.30. The van der Waals surface area contributed by atoms with Crippen LogP contribution in [0.5, 0.6) is 0 Å². The summed E-state index contributed by atoms with van der Waals surface area (Å²) >= 11 is 0. The Morgan fingerprint density at radius 2 is 1.66 bits per heavy atom. The highest BCUT2D eigenvalue weighted by atomic mass is 19.1. The highest BCUT2D eigenvalue weighted by Gasteiger charge is 2.26. The Hall–Kier alpha value is -3.28. The second kappa shape index (κ2) is 8.39. The molecular weight excluding hydrogens is 367 g/mol. The van der Waals surface area contributed by atoms with Crippen LogP contribution in [0.2, 0.25) is 0 Å².